The van der Waals surface area contributed by atoms with Crippen molar-refractivity contribution in [2.45, 2.75) is 31.3 Å². The Morgan fingerprint density at radius 2 is 1.90 bits per heavy atom. The minimum absolute atomic E-state index is 0.158. The summed E-state index contributed by atoms with van der Waals surface area (Å²) in [5, 5.41) is 3.68. The first kappa shape index (κ1) is 19.3. The molecule has 4 heterocycles. The Morgan fingerprint density at radius 1 is 1.10 bits per heavy atom. The minimum atomic E-state index is -1.17. The monoisotopic (exact) mass is 455 g/mol. The molecule has 8 heteroatoms. The molecule has 0 bridgehead atoms. The number of para-hydroxylation sites is 1. The molecular formula is C23H19Cl2N3O3. The highest BCUT2D eigenvalue weighted by Gasteiger charge is 2.74. The Hall–Kier alpha value is -2.41. The third kappa shape index (κ3) is 2.20. The number of anilines is 2. The van der Waals surface area contributed by atoms with Gasteiger partial charge in [0.1, 0.15) is 5.54 Å². The predicted molar refractivity (Wildman–Crippen MR) is 117 cm³/mol. The lowest BCUT2D eigenvalue weighted by Crippen LogP contribution is -2.54. The van der Waals surface area contributed by atoms with Crippen molar-refractivity contribution in [3.63, 3.8) is 0 Å². The molecule has 0 aliphatic carbocycles. The van der Waals surface area contributed by atoms with Gasteiger partial charge in [-0.2, -0.15) is 0 Å². The van der Waals surface area contributed by atoms with Gasteiger partial charge in [0.2, 0.25) is 17.7 Å². The Balaban J connectivity index is 1.57. The standard InChI is InChI=1S/C23H19Cl2N3O3/c1-11-4-2-5-13-19(11)26-22(31)23(13)18-17(16-6-3-9-27(16)23)20(29)28(21(18)30)15-8-7-12(24)10-14(15)25/h2,4-5,7-8,10,16-18H,3,6,9H2,1H3,(H,26,31)/t16-,17-,18+,23+/m1/s1. The highest BCUT2D eigenvalue weighted by Crippen LogP contribution is 2.61. The number of amides is 3. The average Bonchev–Trinajstić information content (AvgIpc) is 3.42. The first-order valence-electron chi connectivity index (χ1n) is 10.4. The van der Waals surface area contributed by atoms with E-state index in [1.165, 1.54) is 11.0 Å². The van der Waals surface area contributed by atoms with Gasteiger partial charge in [-0.3, -0.25) is 19.3 Å². The Labute approximate surface area is 189 Å². The number of halogens is 2. The van der Waals surface area contributed by atoms with Crippen LogP contribution in [0.3, 0.4) is 0 Å². The van der Waals surface area contributed by atoms with Crippen molar-refractivity contribution in [3.05, 3.63) is 57.6 Å². The zero-order chi connectivity index (χ0) is 21.7. The quantitative estimate of drug-likeness (QED) is 0.665. The van der Waals surface area contributed by atoms with Gasteiger partial charge in [-0.15, -0.1) is 0 Å². The number of hydrogen-bond donors (Lipinski definition) is 1. The van der Waals surface area contributed by atoms with E-state index in [4.69, 9.17) is 23.2 Å². The maximum atomic E-state index is 13.9. The summed E-state index contributed by atoms with van der Waals surface area (Å²) >= 11 is 12.4. The number of aryl methyl sites for hydroxylation is 1. The fourth-order valence-electron chi connectivity index (χ4n) is 6.28. The number of hydrogen-bond acceptors (Lipinski definition) is 4. The summed E-state index contributed by atoms with van der Waals surface area (Å²) in [6, 6.07) is 10.3. The van der Waals surface area contributed by atoms with Gasteiger partial charge in [0.05, 0.1) is 22.5 Å². The highest BCUT2D eigenvalue weighted by molar-refractivity contribution is 6.38. The van der Waals surface area contributed by atoms with Gasteiger partial charge in [0, 0.05) is 22.3 Å². The average molecular weight is 456 g/mol. The molecule has 3 saturated heterocycles. The smallest absolute Gasteiger partial charge is 0.250 e. The number of imide groups is 1. The van der Waals surface area contributed by atoms with E-state index in [1.54, 1.807) is 12.1 Å². The maximum Gasteiger partial charge on any atom is 0.250 e. The second kappa shape index (κ2) is 6.31. The number of rotatable bonds is 1. The van der Waals surface area contributed by atoms with Gasteiger partial charge in [-0.1, -0.05) is 41.4 Å². The summed E-state index contributed by atoms with van der Waals surface area (Å²) in [5.74, 6) is -2.26. The van der Waals surface area contributed by atoms with Crippen LogP contribution >= 0.6 is 23.2 Å². The summed E-state index contributed by atoms with van der Waals surface area (Å²) in [6.07, 6.45) is 1.66. The van der Waals surface area contributed by atoms with Crippen LogP contribution in [0, 0.1) is 18.8 Å². The SMILES string of the molecule is Cc1cccc2c1NC(=O)[C@@]21[C@@H]2C(=O)N(c3ccc(Cl)cc3Cl)C(=O)[C@@H]2[C@H]2CCCN21. The van der Waals surface area contributed by atoms with E-state index in [1.807, 2.05) is 25.1 Å². The molecule has 0 radical (unpaired) electrons. The molecule has 2 aromatic rings. The molecule has 6 nitrogen and oxygen atoms in total. The molecule has 4 aliphatic rings. The fraction of sp³-hybridized carbons (Fsp3) is 0.348. The lowest BCUT2D eigenvalue weighted by Gasteiger charge is -2.36. The van der Waals surface area contributed by atoms with E-state index in [0.29, 0.717) is 17.3 Å². The number of fused-ring (bicyclic) bond motifs is 7. The van der Waals surface area contributed by atoms with E-state index < -0.39 is 17.4 Å². The summed E-state index contributed by atoms with van der Waals surface area (Å²) < 4.78 is 0. The Morgan fingerprint density at radius 3 is 2.68 bits per heavy atom. The van der Waals surface area contributed by atoms with Gasteiger partial charge < -0.3 is 5.32 Å². The molecule has 3 fully saturated rings. The molecule has 0 saturated carbocycles. The molecule has 31 heavy (non-hydrogen) atoms. The normalized spacial score (nSPS) is 31.4. The third-order valence-electron chi connectivity index (χ3n) is 7.39. The summed E-state index contributed by atoms with van der Waals surface area (Å²) in [4.78, 5) is 44.4. The number of carbonyl (C=O) groups excluding carboxylic acids is 3. The number of benzene rings is 2. The van der Waals surface area contributed by atoms with Crippen molar-refractivity contribution < 1.29 is 14.4 Å². The molecule has 158 valence electrons. The highest BCUT2D eigenvalue weighted by atomic mass is 35.5. The molecule has 4 aliphatic heterocycles. The molecule has 1 spiro atoms. The van der Waals surface area contributed by atoms with Gasteiger partial charge in [0.25, 0.3) is 0 Å². The minimum Gasteiger partial charge on any atom is -0.324 e. The van der Waals surface area contributed by atoms with Gasteiger partial charge in [-0.05, 0) is 50.1 Å². The van der Waals surface area contributed by atoms with Gasteiger partial charge in [-0.25, -0.2) is 4.90 Å². The zero-order valence-corrected chi connectivity index (χ0v) is 18.2. The first-order valence-corrected chi connectivity index (χ1v) is 11.1. The van der Waals surface area contributed by atoms with Crippen molar-refractivity contribution in [2.75, 3.05) is 16.8 Å². The summed E-state index contributed by atoms with van der Waals surface area (Å²) in [5.41, 5.74) is 1.63. The second-order valence-electron chi connectivity index (χ2n) is 8.73. The summed E-state index contributed by atoms with van der Waals surface area (Å²) in [6.45, 7) is 2.62. The molecule has 6 rings (SSSR count). The lowest BCUT2D eigenvalue weighted by atomic mass is 9.75. The van der Waals surface area contributed by atoms with Gasteiger partial charge >= 0.3 is 0 Å². The van der Waals surface area contributed by atoms with E-state index in [-0.39, 0.29) is 28.8 Å². The molecule has 1 N–H and O–H groups in total. The van der Waals surface area contributed by atoms with Crippen molar-refractivity contribution in [3.8, 4) is 0 Å². The predicted octanol–water partition coefficient (Wildman–Crippen LogP) is 3.73. The van der Waals surface area contributed by atoms with Crippen LogP contribution in [0.1, 0.15) is 24.0 Å². The van der Waals surface area contributed by atoms with Crippen molar-refractivity contribution in [1.82, 2.24) is 4.90 Å². The van der Waals surface area contributed by atoms with Crippen LogP contribution in [0.25, 0.3) is 0 Å². The molecule has 4 atom stereocenters. The molecule has 2 aromatic carbocycles. The van der Waals surface area contributed by atoms with E-state index in [0.717, 1.165) is 29.7 Å². The van der Waals surface area contributed by atoms with Gasteiger partial charge in [0.15, 0.2) is 0 Å². The zero-order valence-electron chi connectivity index (χ0n) is 16.7. The van der Waals surface area contributed by atoms with E-state index >= 15 is 0 Å². The molecule has 0 unspecified atom stereocenters. The van der Waals surface area contributed by atoms with Crippen LogP contribution in [0.15, 0.2) is 36.4 Å². The van der Waals surface area contributed by atoms with Crippen LogP contribution in [0.2, 0.25) is 10.0 Å². The van der Waals surface area contributed by atoms with Crippen LogP contribution in [-0.2, 0) is 19.9 Å². The van der Waals surface area contributed by atoms with E-state index in [2.05, 4.69) is 10.2 Å². The van der Waals surface area contributed by atoms with Crippen LogP contribution in [0.4, 0.5) is 11.4 Å². The molecule has 3 amide bonds. The maximum absolute atomic E-state index is 13.9. The van der Waals surface area contributed by atoms with Crippen LogP contribution < -0.4 is 10.2 Å². The Kier molecular flexibility index (Phi) is 3.93. The van der Waals surface area contributed by atoms with Crippen LogP contribution in [0.5, 0.6) is 0 Å². The number of nitrogens with zero attached hydrogens (tertiary/aromatic N) is 2. The fourth-order valence-corrected chi connectivity index (χ4v) is 6.77. The van der Waals surface area contributed by atoms with Crippen molar-refractivity contribution in [1.29, 1.82) is 0 Å². The second-order valence-corrected chi connectivity index (χ2v) is 9.58. The summed E-state index contributed by atoms with van der Waals surface area (Å²) in [7, 11) is 0. The first-order chi connectivity index (χ1) is 14.9. The van der Waals surface area contributed by atoms with Crippen molar-refractivity contribution in [2.24, 2.45) is 11.8 Å². The number of carbonyl (C=O) groups is 3. The van der Waals surface area contributed by atoms with Crippen molar-refractivity contribution >= 4 is 52.3 Å². The molecule has 0 aromatic heterocycles. The largest absolute Gasteiger partial charge is 0.324 e. The van der Waals surface area contributed by atoms with Crippen LogP contribution in [-0.4, -0.2) is 35.2 Å². The molecular weight excluding hydrogens is 437 g/mol. The Bertz CT molecular complexity index is 1200. The third-order valence-corrected chi connectivity index (χ3v) is 7.92. The number of nitrogens with one attached hydrogen (secondary N) is 1. The van der Waals surface area contributed by atoms with E-state index in [9.17, 15) is 14.4 Å². The lowest BCUT2D eigenvalue weighted by molar-refractivity contribution is -0.135. The topological polar surface area (TPSA) is 69.7 Å².